The first kappa shape index (κ1) is 15.3. The van der Waals surface area contributed by atoms with E-state index in [9.17, 15) is 4.79 Å². The molecule has 0 saturated heterocycles. The Morgan fingerprint density at radius 2 is 1.61 bits per heavy atom. The van der Waals surface area contributed by atoms with Crippen LogP contribution in [0.1, 0.15) is 25.0 Å². The topological polar surface area (TPSA) is 35.5 Å². The highest BCUT2D eigenvalue weighted by Gasteiger charge is 2.38. The van der Waals surface area contributed by atoms with E-state index >= 15 is 0 Å². The van der Waals surface area contributed by atoms with Crippen LogP contribution in [-0.2, 0) is 20.9 Å². The van der Waals surface area contributed by atoms with Crippen molar-refractivity contribution in [3.8, 4) is 0 Å². The van der Waals surface area contributed by atoms with Crippen LogP contribution in [0.4, 0.5) is 0 Å². The van der Waals surface area contributed by atoms with Crippen molar-refractivity contribution in [1.82, 2.24) is 0 Å². The third kappa shape index (κ3) is 3.29. The fourth-order valence-electron chi connectivity index (χ4n) is 2.66. The van der Waals surface area contributed by atoms with Gasteiger partial charge in [0.1, 0.15) is 12.2 Å². The summed E-state index contributed by atoms with van der Waals surface area (Å²) in [4.78, 5) is 12.4. The molecule has 3 heteroatoms. The lowest BCUT2D eigenvalue weighted by molar-refractivity contribution is -0.140. The van der Waals surface area contributed by atoms with Gasteiger partial charge in [0.25, 0.3) is 0 Å². The van der Waals surface area contributed by atoms with Crippen molar-refractivity contribution in [2.45, 2.75) is 26.6 Å². The Labute approximate surface area is 136 Å². The molecule has 2 aromatic carbocycles. The first-order valence-electron chi connectivity index (χ1n) is 7.84. The van der Waals surface area contributed by atoms with Crippen LogP contribution in [0.5, 0.6) is 0 Å². The van der Waals surface area contributed by atoms with Crippen LogP contribution in [0.3, 0.4) is 0 Å². The number of benzene rings is 2. The average Bonchev–Trinajstić information content (AvgIpc) is 2.91. The van der Waals surface area contributed by atoms with Gasteiger partial charge in [-0.2, -0.15) is 0 Å². The third-order valence-electron chi connectivity index (χ3n) is 3.85. The maximum atomic E-state index is 12.4. The molecule has 118 valence electrons. The van der Waals surface area contributed by atoms with Crippen molar-refractivity contribution >= 4 is 11.5 Å². The van der Waals surface area contributed by atoms with E-state index < -0.39 is 0 Å². The molecule has 1 aliphatic rings. The van der Waals surface area contributed by atoms with E-state index in [-0.39, 0.29) is 18.0 Å². The van der Waals surface area contributed by atoms with Gasteiger partial charge in [0.05, 0.1) is 0 Å². The standard InChI is InChI=1S/C20H20O3/c1-14(2)18-19(22-13-15-9-5-3-6-10-15)17(20(21)23-18)16-11-7-4-8-12-16/h3-12,14,18H,13H2,1-2H3/t18-/m0/s1. The highest BCUT2D eigenvalue weighted by molar-refractivity contribution is 6.19. The molecule has 0 aromatic heterocycles. The number of ether oxygens (including phenoxy) is 2. The molecule has 23 heavy (non-hydrogen) atoms. The van der Waals surface area contributed by atoms with Gasteiger partial charge < -0.3 is 9.47 Å². The summed E-state index contributed by atoms with van der Waals surface area (Å²) >= 11 is 0. The predicted molar refractivity (Wildman–Crippen MR) is 89.3 cm³/mol. The lowest BCUT2D eigenvalue weighted by Crippen LogP contribution is -2.20. The summed E-state index contributed by atoms with van der Waals surface area (Å²) in [5.41, 5.74) is 2.44. The van der Waals surface area contributed by atoms with Gasteiger partial charge >= 0.3 is 5.97 Å². The number of carbonyl (C=O) groups excluding carboxylic acids is 1. The van der Waals surface area contributed by atoms with E-state index in [1.807, 2.05) is 74.5 Å². The van der Waals surface area contributed by atoms with Crippen LogP contribution in [0.2, 0.25) is 0 Å². The molecule has 0 fully saturated rings. The number of rotatable bonds is 5. The van der Waals surface area contributed by atoms with Crippen molar-refractivity contribution in [3.63, 3.8) is 0 Å². The molecule has 0 saturated carbocycles. The minimum Gasteiger partial charge on any atom is -0.488 e. The lowest BCUT2D eigenvalue weighted by Gasteiger charge is -2.18. The monoisotopic (exact) mass is 308 g/mol. The van der Waals surface area contributed by atoms with Gasteiger partial charge in [-0.25, -0.2) is 4.79 Å². The van der Waals surface area contributed by atoms with Crippen LogP contribution in [0, 0.1) is 5.92 Å². The number of hydrogen-bond acceptors (Lipinski definition) is 3. The van der Waals surface area contributed by atoms with Crippen molar-refractivity contribution in [2.75, 3.05) is 0 Å². The SMILES string of the molecule is CC(C)[C@@H]1OC(=O)C(c2ccccc2)=C1OCc1ccccc1. The van der Waals surface area contributed by atoms with Crippen LogP contribution in [0.15, 0.2) is 66.4 Å². The van der Waals surface area contributed by atoms with E-state index in [1.165, 1.54) is 0 Å². The summed E-state index contributed by atoms with van der Waals surface area (Å²) in [6.07, 6.45) is -0.332. The number of esters is 1. The fourth-order valence-corrected chi connectivity index (χ4v) is 2.66. The normalized spacial score (nSPS) is 17.5. The van der Waals surface area contributed by atoms with Gasteiger partial charge in [-0.3, -0.25) is 0 Å². The van der Waals surface area contributed by atoms with Crippen molar-refractivity contribution < 1.29 is 14.3 Å². The first-order chi connectivity index (χ1) is 11.2. The molecule has 3 nitrogen and oxygen atoms in total. The van der Waals surface area contributed by atoms with Gasteiger partial charge in [-0.1, -0.05) is 74.5 Å². The Bertz CT molecular complexity index is 702. The second kappa shape index (κ2) is 6.69. The Kier molecular flexibility index (Phi) is 4.47. The largest absolute Gasteiger partial charge is 0.488 e. The Balaban J connectivity index is 1.94. The van der Waals surface area contributed by atoms with Gasteiger partial charge in [0.2, 0.25) is 0 Å². The number of carbonyl (C=O) groups is 1. The summed E-state index contributed by atoms with van der Waals surface area (Å²) in [6, 6.07) is 19.5. The van der Waals surface area contributed by atoms with Crippen LogP contribution >= 0.6 is 0 Å². The molecule has 1 heterocycles. The van der Waals surface area contributed by atoms with Gasteiger partial charge in [0, 0.05) is 0 Å². The zero-order chi connectivity index (χ0) is 16.2. The number of hydrogen-bond donors (Lipinski definition) is 0. The third-order valence-corrected chi connectivity index (χ3v) is 3.85. The summed E-state index contributed by atoms with van der Waals surface area (Å²) in [7, 11) is 0. The Morgan fingerprint density at radius 1 is 1.00 bits per heavy atom. The smallest absolute Gasteiger partial charge is 0.343 e. The van der Waals surface area contributed by atoms with E-state index in [0.717, 1.165) is 11.1 Å². The molecule has 1 aliphatic heterocycles. The highest BCUT2D eigenvalue weighted by Crippen LogP contribution is 2.35. The van der Waals surface area contributed by atoms with E-state index in [0.29, 0.717) is 17.9 Å². The fraction of sp³-hybridized carbons (Fsp3) is 0.250. The van der Waals surface area contributed by atoms with Gasteiger partial charge in [-0.05, 0) is 17.0 Å². The lowest BCUT2D eigenvalue weighted by atomic mass is 10.00. The Hall–Kier alpha value is -2.55. The molecular formula is C20H20O3. The second-order valence-electron chi connectivity index (χ2n) is 5.95. The van der Waals surface area contributed by atoms with Crippen molar-refractivity contribution in [3.05, 3.63) is 77.5 Å². The molecule has 1 atom stereocenters. The summed E-state index contributed by atoms with van der Waals surface area (Å²) in [5.74, 6) is 0.490. The Morgan fingerprint density at radius 3 is 2.22 bits per heavy atom. The van der Waals surface area contributed by atoms with Crippen LogP contribution in [0.25, 0.3) is 5.57 Å². The summed E-state index contributed by atoms with van der Waals surface area (Å²) in [6.45, 7) is 4.47. The quantitative estimate of drug-likeness (QED) is 0.777. The molecule has 3 rings (SSSR count). The molecule has 0 radical (unpaired) electrons. The molecule has 0 spiro atoms. The maximum Gasteiger partial charge on any atom is 0.343 e. The molecule has 0 N–H and O–H groups in total. The van der Waals surface area contributed by atoms with Gasteiger partial charge in [-0.15, -0.1) is 0 Å². The average molecular weight is 308 g/mol. The maximum absolute atomic E-state index is 12.4. The highest BCUT2D eigenvalue weighted by atomic mass is 16.6. The molecule has 0 unspecified atom stereocenters. The minimum absolute atomic E-state index is 0.158. The van der Waals surface area contributed by atoms with Crippen molar-refractivity contribution in [1.29, 1.82) is 0 Å². The van der Waals surface area contributed by atoms with E-state index in [2.05, 4.69) is 0 Å². The predicted octanol–water partition coefficient (Wildman–Crippen LogP) is 4.20. The van der Waals surface area contributed by atoms with E-state index in [1.54, 1.807) is 0 Å². The number of cyclic esters (lactones) is 1. The van der Waals surface area contributed by atoms with E-state index in [4.69, 9.17) is 9.47 Å². The molecular weight excluding hydrogens is 288 g/mol. The van der Waals surface area contributed by atoms with Crippen LogP contribution in [-0.4, -0.2) is 12.1 Å². The molecule has 0 bridgehead atoms. The van der Waals surface area contributed by atoms with Crippen molar-refractivity contribution in [2.24, 2.45) is 5.92 Å². The zero-order valence-corrected chi connectivity index (χ0v) is 13.4. The summed E-state index contributed by atoms with van der Waals surface area (Å²) in [5, 5.41) is 0. The van der Waals surface area contributed by atoms with Gasteiger partial charge in [0.15, 0.2) is 11.9 Å². The zero-order valence-electron chi connectivity index (χ0n) is 13.4. The molecule has 0 aliphatic carbocycles. The summed E-state index contributed by atoms with van der Waals surface area (Å²) < 4.78 is 11.6. The first-order valence-corrected chi connectivity index (χ1v) is 7.84. The molecule has 0 amide bonds. The molecule has 2 aromatic rings. The second-order valence-corrected chi connectivity index (χ2v) is 5.95. The van der Waals surface area contributed by atoms with Crippen LogP contribution < -0.4 is 0 Å². The minimum atomic E-state index is -0.332.